The second-order valence-corrected chi connectivity index (χ2v) is 21.9. The maximum atomic E-state index is 9.00. The van der Waals surface area contributed by atoms with Gasteiger partial charge in [-0.05, 0) is 107 Å². The average Bonchev–Trinajstić information content (AvgIpc) is 1.94. The van der Waals surface area contributed by atoms with E-state index in [2.05, 4.69) is 242 Å². The minimum atomic E-state index is -0.833. The number of carbonyl (C=O) groups is 1. The van der Waals surface area contributed by atoms with Crippen LogP contribution in [0.2, 0.25) is 0 Å². The molecule has 89 heavy (non-hydrogen) atoms. The Bertz CT molecular complexity index is 5530. The van der Waals surface area contributed by atoms with Crippen LogP contribution in [0.25, 0.3) is 132 Å². The molecule has 0 unspecified atom stereocenters. The van der Waals surface area contributed by atoms with E-state index in [1.807, 2.05) is 55.1 Å². The predicted octanol–water partition coefficient (Wildman–Crippen LogP) is 18.4. The molecule has 0 fully saturated rings. The number of benzene rings is 10. The molecule has 428 valence electrons. The molecule has 0 atom stereocenters. The van der Waals surface area contributed by atoms with E-state index in [0.29, 0.717) is 11.5 Å². The van der Waals surface area contributed by atoms with Crippen molar-refractivity contribution in [1.29, 1.82) is 0 Å². The molecule has 12 nitrogen and oxygen atoms in total. The molecule has 18 rings (SSSR count). The monoisotopic (exact) mass is 1330 g/mol. The van der Waals surface area contributed by atoms with Gasteiger partial charge in [0.2, 0.25) is 0 Å². The van der Waals surface area contributed by atoms with Crippen molar-refractivity contribution in [3.63, 3.8) is 0 Å². The molecule has 18 aromatic rings. The number of nitrogens with zero attached hydrogens (tertiary/aromatic N) is 8. The smallest absolute Gasteiger partial charge is 0.497 e. The first-order valence-corrected chi connectivity index (χ1v) is 28.9. The fourth-order valence-electron chi connectivity index (χ4n) is 12.6. The van der Waals surface area contributed by atoms with E-state index < -0.39 is 5.97 Å². The van der Waals surface area contributed by atoms with Gasteiger partial charge in [0, 0.05) is 99.3 Å². The number of aryl methyl sites for hydroxylation is 2. The SMILES string of the molecule is CC(=O)O.Cc1ccccc1-c1cn2c3ccccc3c3ccc(Oc4[c-]c5c(cc4)c4ccccc4n4ccnc54)[c-]c3c2n1.Cc1ccccc1-c1cn2c3ccccc3c3ccc(Oc4ccc5c6ccccc6n6ccnc6c5c4)cc3c2n1.[Pt+2]. The van der Waals surface area contributed by atoms with E-state index in [1.165, 1.54) is 21.9 Å². The molecule has 8 heterocycles. The van der Waals surface area contributed by atoms with Crippen molar-refractivity contribution in [2.45, 2.75) is 20.8 Å². The first-order chi connectivity index (χ1) is 43.2. The van der Waals surface area contributed by atoms with Gasteiger partial charge in [-0.3, -0.25) is 23.6 Å². The van der Waals surface area contributed by atoms with E-state index in [0.717, 1.165) is 139 Å². The van der Waals surface area contributed by atoms with Crippen molar-refractivity contribution in [3.05, 3.63) is 267 Å². The van der Waals surface area contributed by atoms with Crippen molar-refractivity contribution in [2.24, 2.45) is 0 Å². The van der Waals surface area contributed by atoms with Crippen LogP contribution in [0, 0.1) is 26.0 Å². The molecule has 0 aliphatic rings. The fourth-order valence-corrected chi connectivity index (χ4v) is 12.6. The predicted molar refractivity (Wildman–Crippen MR) is 352 cm³/mol. The van der Waals surface area contributed by atoms with Crippen LogP contribution < -0.4 is 9.47 Å². The zero-order chi connectivity index (χ0) is 59.1. The Morgan fingerprint density at radius 1 is 0.404 bits per heavy atom. The number of para-hydroxylation sites is 4. The molecule has 0 spiro atoms. The summed E-state index contributed by atoms with van der Waals surface area (Å²) in [5.74, 6) is 1.91. The Morgan fingerprint density at radius 3 is 1.29 bits per heavy atom. The zero-order valence-corrected chi connectivity index (χ0v) is 50.4. The number of rotatable bonds is 6. The summed E-state index contributed by atoms with van der Waals surface area (Å²) in [6.07, 6.45) is 11.9. The molecule has 0 radical (unpaired) electrons. The number of carboxylic acid groups (broad SMARTS) is 1. The Morgan fingerprint density at radius 2 is 0.787 bits per heavy atom. The summed E-state index contributed by atoms with van der Waals surface area (Å²) in [7, 11) is 0. The molecular weight excluding hydrogens is 1280 g/mol. The Labute approximate surface area is 523 Å². The van der Waals surface area contributed by atoms with E-state index in [1.54, 1.807) is 0 Å². The van der Waals surface area contributed by atoms with Gasteiger partial charge in [0.15, 0.2) is 0 Å². The third kappa shape index (κ3) is 9.31. The number of aliphatic carboxylic acids is 1. The maximum absolute atomic E-state index is 9.00. The molecule has 8 aromatic heterocycles. The second kappa shape index (κ2) is 21.9. The van der Waals surface area contributed by atoms with E-state index in [9.17, 15) is 0 Å². The molecule has 0 amide bonds. The van der Waals surface area contributed by atoms with Crippen LogP contribution in [0.3, 0.4) is 0 Å². The molecule has 13 heteroatoms. The second-order valence-electron chi connectivity index (χ2n) is 21.9. The molecule has 10 aromatic carbocycles. The standard InChI is InChI=1S/C37H24N4O.C37H22N4O.C2H4O2.Pt/c2*1-23-8-2-3-9-26(23)33-22-41-35-13-7-5-11-30(35)28-17-15-25(21-32(28)37(41)39-33)42-24-14-16-27-29-10-4-6-12-34(29)40-19-18-38-36(40)31(27)20-24;1-2(3)4;/h2-22H,1H3;2-19,22H,1H3;1H3,(H,3,4);/q;-2;;+2. The van der Waals surface area contributed by atoms with Crippen molar-refractivity contribution < 1.29 is 40.4 Å². The summed E-state index contributed by atoms with van der Waals surface area (Å²) in [5.41, 5.74) is 14.6. The normalized spacial score (nSPS) is 11.5. The Hall–Kier alpha value is -11.2. The molecule has 0 saturated heterocycles. The average molecular weight is 1330 g/mol. The molecule has 0 saturated carbocycles. The number of carboxylic acids is 1. The van der Waals surface area contributed by atoms with E-state index in [4.69, 9.17) is 29.3 Å². The first-order valence-electron chi connectivity index (χ1n) is 28.9. The zero-order valence-electron chi connectivity index (χ0n) is 48.2. The molecule has 0 bridgehead atoms. The van der Waals surface area contributed by atoms with E-state index in [-0.39, 0.29) is 21.1 Å². The third-order valence-electron chi connectivity index (χ3n) is 16.6. The van der Waals surface area contributed by atoms with E-state index >= 15 is 0 Å². The first kappa shape index (κ1) is 54.5. The van der Waals surface area contributed by atoms with Crippen molar-refractivity contribution in [2.75, 3.05) is 0 Å². The molecular formula is C76H50N8O4Pt. The fraction of sp³-hybridized carbons (Fsp3) is 0.0395. The number of hydrogen-bond acceptors (Lipinski definition) is 7. The topological polar surface area (TPSA) is 125 Å². The summed E-state index contributed by atoms with van der Waals surface area (Å²) >= 11 is 0. The summed E-state index contributed by atoms with van der Waals surface area (Å²) in [6.45, 7) is 5.33. The van der Waals surface area contributed by atoms with Crippen LogP contribution in [0.4, 0.5) is 0 Å². The number of imidazole rings is 4. The Balaban J connectivity index is 0.000000139. The van der Waals surface area contributed by atoms with Gasteiger partial charge >= 0.3 is 21.1 Å². The van der Waals surface area contributed by atoms with Crippen LogP contribution in [-0.2, 0) is 25.9 Å². The van der Waals surface area contributed by atoms with Crippen LogP contribution in [0.5, 0.6) is 23.0 Å². The van der Waals surface area contributed by atoms with Crippen LogP contribution in [-0.4, -0.2) is 48.6 Å². The summed E-state index contributed by atoms with van der Waals surface area (Å²) in [6, 6.07) is 78.2. The quantitative estimate of drug-likeness (QED) is 0.129. The minimum absolute atomic E-state index is 0. The van der Waals surface area contributed by atoms with Gasteiger partial charge in [-0.1, -0.05) is 167 Å². The number of ether oxygens (including phenoxy) is 2. The summed E-state index contributed by atoms with van der Waals surface area (Å²) in [5, 5.41) is 20.5. The maximum Gasteiger partial charge on any atom is 2.00 e. The molecule has 0 aliphatic carbocycles. The van der Waals surface area contributed by atoms with Gasteiger partial charge in [0.05, 0.1) is 33.7 Å². The van der Waals surface area contributed by atoms with Crippen LogP contribution in [0.15, 0.2) is 243 Å². The third-order valence-corrected chi connectivity index (χ3v) is 16.6. The number of pyridine rings is 4. The largest absolute Gasteiger partial charge is 2.00 e. The van der Waals surface area contributed by atoms with Crippen LogP contribution >= 0.6 is 0 Å². The number of aromatic nitrogens is 8. The molecule has 1 N–H and O–H groups in total. The van der Waals surface area contributed by atoms with Crippen molar-refractivity contribution >= 4 is 115 Å². The summed E-state index contributed by atoms with van der Waals surface area (Å²) < 4.78 is 21.6. The van der Waals surface area contributed by atoms with Crippen molar-refractivity contribution in [1.82, 2.24) is 37.5 Å². The Kier molecular flexibility index (Phi) is 13.4. The van der Waals surface area contributed by atoms with Crippen LogP contribution in [0.1, 0.15) is 18.1 Å². The number of fused-ring (bicyclic) bond motifs is 24. The van der Waals surface area contributed by atoms with Gasteiger partial charge in [0.25, 0.3) is 5.97 Å². The van der Waals surface area contributed by atoms with Gasteiger partial charge in [-0.2, -0.15) is 0 Å². The summed E-state index contributed by atoms with van der Waals surface area (Å²) in [4.78, 5) is 28.6. The van der Waals surface area contributed by atoms with Gasteiger partial charge in [-0.15, -0.1) is 12.1 Å². The van der Waals surface area contributed by atoms with Crippen molar-refractivity contribution in [3.8, 4) is 45.5 Å². The van der Waals surface area contributed by atoms with Gasteiger partial charge in [-0.25, -0.2) is 9.97 Å². The molecule has 0 aliphatic heterocycles. The number of hydrogen-bond donors (Lipinski definition) is 1. The van der Waals surface area contributed by atoms with Gasteiger partial charge < -0.3 is 23.4 Å². The van der Waals surface area contributed by atoms with Gasteiger partial charge in [0.1, 0.15) is 22.8 Å². The minimum Gasteiger partial charge on any atom is -0.497 e.